The van der Waals surface area contributed by atoms with E-state index in [2.05, 4.69) is 22.0 Å². The van der Waals surface area contributed by atoms with Crippen molar-refractivity contribution >= 4 is 33.2 Å². The number of hydrogen-bond donors (Lipinski definition) is 0. The minimum absolute atomic E-state index is 0.176. The molecule has 1 unspecified atom stereocenters. The SMILES string of the molecule is O=C(c1csc(Br)c1)N1CCCC2CCCC=C21. The molecule has 1 fully saturated rings. The molecular weight excluding hydrogens is 310 g/mol. The number of amides is 1. The van der Waals surface area contributed by atoms with E-state index >= 15 is 0 Å². The summed E-state index contributed by atoms with van der Waals surface area (Å²) in [6, 6.07) is 1.93. The molecule has 3 rings (SSSR count). The molecule has 1 atom stereocenters. The highest BCUT2D eigenvalue weighted by atomic mass is 79.9. The van der Waals surface area contributed by atoms with Gasteiger partial charge >= 0.3 is 0 Å². The van der Waals surface area contributed by atoms with Crippen molar-refractivity contribution < 1.29 is 4.79 Å². The van der Waals surface area contributed by atoms with Crippen molar-refractivity contribution in [1.82, 2.24) is 4.90 Å². The number of piperidine rings is 1. The molecule has 0 radical (unpaired) electrons. The number of carbonyl (C=O) groups excluding carboxylic acids is 1. The summed E-state index contributed by atoms with van der Waals surface area (Å²) in [5.74, 6) is 0.799. The van der Waals surface area contributed by atoms with E-state index in [1.807, 2.05) is 16.3 Å². The lowest BCUT2D eigenvalue weighted by molar-refractivity contribution is 0.0749. The van der Waals surface area contributed by atoms with E-state index in [0.717, 1.165) is 28.7 Å². The second-order valence-corrected chi connectivity index (χ2v) is 7.29. The highest BCUT2D eigenvalue weighted by Crippen LogP contribution is 2.36. The summed E-state index contributed by atoms with van der Waals surface area (Å²) in [6.45, 7) is 0.884. The Morgan fingerprint density at radius 2 is 2.22 bits per heavy atom. The smallest absolute Gasteiger partial charge is 0.258 e. The summed E-state index contributed by atoms with van der Waals surface area (Å²) in [5, 5.41) is 1.94. The number of hydrogen-bond acceptors (Lipinski definition) is 2. The van der Waals surface area contributed by atoms with E-state index in [0.29, 0.717) is 5.92 Å². The first kappa shape index (κ1) is 12.4. The Hall–Kier alpha value is -0.610. The van der Waals surface area contributed by atoms with Crippen molar-refractivity contribution in [2.45, 2.75) is 32.1 Å². The van der Waals surface area contributed by atoms with Gasteiger partial charge in [-0.2, -0.15) is 0 Å². The lowest BCUT2D eigenvalue weighted by Crippen LogP contribution is -2.38. The van der Waals surface area contributed by atoms with Gasteiger partial charge in [-0.15, -0.1) is 11.3 Å². The van der Waals surface area contributed by atoms with Crippen LogP contribution in [0.2, 0.25) is 0 Å². The molecule has 1 aromatic heterocycles. The summed E-state index contributed by atoms with van der Waals surface area (Å²) < 4.78 is 1.03. The average molecular weight is 326 g/mol. The number of halogens is 1. The Bertz CT molecular complexity index is 494. The highest BCUT2D eigenvalue weighted by Gasteiger charge is 2.30. The maximum absolute atomic E-state index is 12.5. The number of rotatable bonds is 1. The monoisotopic (exact) mass is 325 g/mol. The van der Waals surface area contributed by atoms with Crippen LogP contribution in [0.3, 0.4) is 0 Å². The number of allylic oxidation sites excluding steroid dienone is 2. The first-order chi connectivity index (χ1) is 8.75. The van der Waals surface area contributed by atoms with Crippen molar-refractivity contribution in [3.05, 3.63) is 32.6 Å². The average Bonchev–Trinajstić information content (AvgIpc) is 2.84. The van der Waals surface area contributed by atoms with Gasteiger partial charge in [0.25, 0.3) is 5.91 Å². The number of nitrogens with zero attached hydrogens (tertiary/aromatic N) is 1. The van der Waals surface area contributed by atoms with Crippen molar-refractivity contribution in [2.24, 2.45) is 5.92 Å². The predicted octanol–water partition coefficient (Wildman–Crippen LogP) is 4.43. The minimum atomic E-state index is 0.176. The second kappa shape index (κ2) is 5.17. The molecular formula is C14H16BrNOS. The van der Waals surface area contributed by atoms with Crippen LogP contribution < -0.4 is 0 Å². The molecule has 0 N–H and O–H groups in total. The first-order valence-electron chi connectivity index (χ1n) is 6.51. The fourth-order valence-corrected chi connectivity index (χ4v) is 4.10. The zero-order valence-electron chi connectivity index (χ0n) is 10.2. The van der Waals surface area contributed by atoms with Gasteiger partial charge in [0.05, 0.1) is 9.35 Å². The maximum atomic E-state index is 12.5. The molecule has 0 bridgehead atoms. The summed E-state index contributed by atoms with van der Waals surface area (Å²) in [7, 11) is 0. The van der Waals surface area contributed by atoms with Crippen LogP contribution in [0.15, 0.2) is 27.0 Å². The van der Waals surface area contributed by atoms with Gasteiger partial charge in [-0.05, 0) is 60.0 Å². The Balaban J connectivity index is 1.86. The van der Waals surface area contributed by atoms with Gasteiger partial charge in [-0.25, -0.2) is 0 Å². The first-order valence-corrected chi connectivity index (χ1v) is 8.19. The molecule has 1 aromatic rings. The van der Waals surface area contributed by atoms with Gasteiger partial charge < -0.3 is 4.90 Å². The highest BCUT2D eigenvalue weighted by molar-refractivity contribution is 9.11. The van der Waals surface area contributed by atoms with Gasteiger partial charge in [0.2, 0.25) is 0 Å². The standard InChI is InChI=1S/C14H16BrNOS/c15-13-8-11(9-18-13)14(17)16-7-3-5-10-4-1-2-6-12(10)16/h6,8-10H,1-5,7H2. The minimum Gasteiger partial charge on any atom is -0.312 e. The number of likely N-dealkylation sites (tertiary alicyclic amines) is 1. The molecule has 2 aliphatic rings. The molecule has 0 saturated carbocycles. The Labute approximate surface area is 120 Å². The maximum Gasteiger partial charge on any atom is 0.258 e. The molecule has 96 valence electrons. The molecule has 1 aliphatic heterocycles. The zero-order chi connectivity index (χ0) is 12.5. The van der Waals surface area contributed by atoms with Crippen molar-refractivity contribution in [3.8, 4) is 0 Å². The third kappa shape index (κ3) is 2.28. The fraction of sp³-hybridized carbons (Fsp3) is 0.500. The van der Waals surface area contributed by atoms with Crippen LogP contribution in [-0.2, 0) is 0 Å². The third-order valence-corrected chi connectivity index (χ3v) is 5.34. The van der Waals surface area contributed by atoms with E-state index in [9.17, 15) is 4.79 Å². The summed E-state index contributed by atoms with van der Waals surface area (Å²) >= 11 is 5.00. The molecule has 0 spiro atoms. The number of thiophene rings is 1. The second-order valence-electron chi connectivity index (χ2n) is 5.00. The molecule has 18 heavy (non-hydrogen) atoms. The molecule has 2 heterocycles. The normalized spacial score (nSPS) is 23.5. The van der Waals surface area contributed by atoms with Crippen LogP contribution >= 0.6 is 27.3 Å². The number of carbonyl (C=O) groups is 1. The summed E-state index contributed by atoms with van der Waals surface area (Å²) in [4.78, 5) is 14.6. The third-order valence-electron chi connectivity index (χ3n) is 3.83. The predicted molar refractivity (Wildman–Crippen MR) is 77.7 cm³/mol. The van der Waals surface area contributed by atoms with E-state index in [-0.39, 0.29) is 5.91 Å². The molecule has 1 amide bonds. The van der Waals surface area contributed by atoms with Gasteiger partial charge in [-0.3, -0.25) is 4.79 Å². The summed E-state index contributed by atoms with van der Waals surface area (Å²) in [6.07, 6.45) is 8.33. The van der Waals surface area contributed by atoms with Crippen LogP contribution in [-0.4, -0.2) is 17.4 Å². The lowest BCUT2D eigenvalue weighted by atomic mass is 9.85. The van der Waals surface area contributed by atoms with Crippen molar-refractivity contribution in [2.75, 3.05) is 6.54 Å². The zero-order valence-corrected chi connectivity index (χ0v) is 12.6. The van der Waals surface area contributed by atoms with Crippen LogP contribution in [0.25, 0.3) is 0 Å². The Morgan fingerprint density at radius 3 is 3.00 bits per heavy atom. The topological polar surface area (TPSA) is 20.3 Å². The van der Waals surface area contributed by atoms with Crippen molar-refractivity contribution in [1.29, 1.82) is 0 Å². The van der Waals surface area contributed by atoms with Gasteiger partial charge in [-0.1, -0.05) is 6.08 Å². The molecule has 2 nitrogen and oxygen atoms in total. The van der Waals surface area contributed by atoms with Crippen LogP contribution in [0.5, 0.6) is 0 Å². The van der Waals surface area contributed by atoms with Crippen LogP contribution in [0.1, 0.15) is 42.5 Å². The van der Waals surface area contributed by atoms with Gasteiger partial charge in [0.1, 0.15) is 0 Å². The van der Waals surface area contributed by atoms with E-state index in [1.54, 1.807) is 11.3 Å². The molecule has 1 aliphatic carbocycles. The lowest BCUT2D eigenvalue weighted by Gasteiger charge is -2.37. The largest absolute Gasteiger partial charge is 0.312 e. The van der Waals surface area contributed by atoms with E-state index in [1.165, 1.54) is 25.0 Å². The summed E-state index contributed by atoms with van der Waals surface area (Å²) in [5.41, 5.74) is 2.11. The molecule has 4 heteroatoms. The van der Waals surface area contributed by atoms with Gasteiger partial charge in [0.15, 0.2) is 0 Å². The van der Waals surface area contributed by atoms with Crippen LogP contribution in [0.4, 0.5) is 0 Å². The van der Waals surface area contributed by atoms with E-state index < -0.39 is 0 Å². The molecule has 1 saturated heterocycles. The number of fused-ring (bicyclic) bond motifs is 1. The molecule has 0 aromatic carbocycles. The quantitative estimate of drug-likeness (QED) is 0.747. The Morgan fingerprint density at radius 1 is 1.39 bits per heavy atom. The van der Waals surface area contributed by atoms with Gasteiger partial charge in [0, 0.05) is 17.6 Å². The van der Waals surface area contributed by atoms with Crippen molar-refractivity contribution in [3.63, 3.8) is 0 Å². The Kier molecular flexibility index (Phi) is 3.57. The van der Waals surface area contributed by atoms with Crippen LogP contribution in [0, 0.1) is 5.92 Å². The van der Waals surface area contributed by atoms with E-state index in [4.69, 9.17) is 0 Å². The fourth-order valence-electron chi connectivity index (χ4n) is 2.97.